The topological polar surface area (TPSA) is 33.1 Å². The highest BCUT2D eigenvalue weighted by molar-refractivity contribution is 6.44. The normalized spacial score (nSPS) is 10.7. The predicted molar refractivity (Wildman–Crippen MR) is 75.6 cm³/mol. The van der Waals surface area contributed by atoms with Crippen molar-refractivity contribution >= 4 is 46.4 Å². The monoisotopic (exact) mass is 321 g/mol. The van der Waals surface area contributed by atoms with Crippen LogP contribution in [0.25, 0.3) is 11.1 Å². The van der Waals surface area contributed by atoms with Gasteiger partial charge in [-0.3, -0.25) is 0 Å². The lowest BCUT2D eigenvalue weighted by molar-refractivity contribution is 0.282. The summed E-state index contributed by atoms with van der Waals surface area (Å²) >= 11 is 23.7. The van der Waals surface area contributed by atoms with Gasteiger partial charge in [0.25, 0.3) is 0 Å². The van der Waals surface area contributed by atoms with Crippen molar-refractivity contribution in [3.05, 3.63) is 50.2 Å². The number of rotatable bonds is 2. The molecular formula is C12H7Cl4NO. The van der Waals surface area contributed by atoms with E-state index in [0.717, 1.165) is 0 Å². The van der Waals surface area contributed by atoms with Gasteiger partial charge in [-0.1, -0.05) is 46.4 Å². The third-order valence-electron chi connectivity index (χ3n) is 2.43. The molecule has 0 amide bonds. The van der Waals surface area contributed by atoms with E-state index in [9.17, 15) is 5.11 Å². The molecule has 0 spiro atoms. The van der Waals surface area contributed by atoms with E-state index in [4.69, 9.17) is 46.4 Å². The van der Waals surface area contributed by atoms with Crippen LogP contribution in [0.2, 0.25) is 20.2 Å². The van der Waals surface area contributed by atoms with Gasteiger partial charge in [0.05, 0.1) is 21.7 Å². The zero-order chi connectivity index (χ0) is 13.3. The zero-order valence-electron chi connectivity index (χ0n) is 8.92. The maximum Gasteiger partial charge on any atom is 0.129 e. The number of aliphatic hydroxyl groups is 1. The van der Waals surface area contributed by atoms with E-state index >= 15 is 0 Å². The summed E-state index contributed by atoms with van der Waals surface area (Å²) in [5.41, 5.74) is 1.94. The van der Waals surface area contributed by atoms with Crippen LogP contribution in [-0.4, -0.2) is 10.1 Å². The van der Waals surface area contributed by atoms with Crippen LogP contribution in [-0.2, 0) is 6.61 Å². The fraction of sp³-hybridized carbons (Fsp3) is 0.0833. The Morgan fingerprint density at radius 3 is 2.22 bits per heavy atom. The minimum Gasteiger partial charge on any atom is -0.392 e. The molecule has 0 aliphatic rings. The first-order valence-electron chi connectivity index (χ1n) is 4.93. The Bertz CT molecular complexity index is 601. The molecule has 1 heterocycles. The molecule has 0 saturated heterocycles. The Hall–Kier alpha value is -0.510. The van der Waals surface area contributed by atoms with Crippen molar-refractivity contribution in [2.24, 2.45) is 0 Å². The van der Waals surface area contributed by atoms with Crippen molar-refractivity contribution in [2.75, 3.05) is 0 Å². The van der Waals surface area contributed by atoms with Crippen LogP contribution in [0.1, 0.15) is 5.56 Å². The molecule has 0 radical (unpaired) electrons. The first kappa shape index (κ1) is 13.9. The maximum atomic E-state index is 9.33. The molecular weight excluding hydrogens is 316 g/mol. The Labute approximate surface area is 124 Å². The molecule has 0 fully saturated rings. The van der Waals surface area contributed by atoms with E-state index in [1.54, 1.807) is 24.4 Å². The second kappa shape index (κ2) is 5.64. The minimum absolute atomic E-state index is 0.172. The molecule has 0 aliphatic carbocycles. The summed E-state index contributed by atoms with van der Waals surface area (Å²) in [6.45, 7) is -0.172. The van der Waals surface area contributed by atoms with Gasteiger partial charge in [0.2, 0.25) is 0 Å². The maximum absolute atomic E-state index is 9.33. The number of hydrogen-bond acceptors (Lipinski definition) is 2. The number of benzene rings is 1. The van der Waals surface area contributed by atoms with Crippen LogP contribution >= 0.6 is 46.4 Å². The third-order valence-corrected chi connectivity index (χ3v) is 3.67. The molecule has 0 bridgehead atoms. The fourth-order valence-electron chi connectivity index (χ4n) is 1.57. The lowest BCUT2D eigenvalue weighted by Crippen LogP contribution is -1.92. The van der Waals surface area contributed by atoms with E-state index < -0.39 is 0 Å². The van der Waals surface area contributed by atoms with Crippen LogP contribution < -0.4 is 0 Å². The summed E-state index contributed by atoms with van der Waals surface area (Å²) in [7, 11) is 0. The van der Waals surface area contributed by atoms with Gasteiger partial charge in [-0.25, -0.2) is 4.98 Å². The highest BCUT2D eigenvalue weighted by Gasteiger charge is 2.12. The summed E-state index contributed by atoms with van der Waals surface area (Å²) in [5, 5.41) is 10.8. The number of hydrogen-bond donors (Lipinski definition) is 1. The fourth-order valence-corrected chi connectivity index (χ4v) is 2.40. The van der Waals surface area contributed by atoms with E-state index in [1.165, 1.54) is 0 Å². The Morgan fingerprint density at radius 2 is 1.56 bits per heavy atom. The molecule has 1 N–H and O–H groups in total. The summed E-state index contributed by atoms with van der Waals surface area (Å²) in [6.07, 6.45) is 1.54. The molecule has 0 atom stereocenters. The van der Waals surface area contributed by atoms with Gasteiger partial charge in [-0.05, 0) is 23.8 Å². The Morgan fingerprint density at radius 1 is 0.889 bits per heavy atom. The first-order valence-corrected chi connectivity index (χ1v) is 6.44. The SMILES string of the molecule is OCc1cc(Cl)ncc1-c1cc(Cl)c(Cl)cc1Cl. The van der Waals surface area contributed by atoms with E-state index in [2.05, 4.69) is 4.98 Å². The quantitative estimate of drug-likeness (QED) is 0.633. The molecule has 2 aromatic rings. The van der Waals surface area contributed by atoms with Crippen LogP contribution in [0.4, 0.5) is 0 Å². The van der Waals surface area contributed by atoms with E-state index in [1.807, 2.05) is 0 Å². The molecule has 0 aliphatic heterocycles. The van der Waals surface area contributed by atoms with Crippen LogP contribution in [0.15, 0.2) is 24.4 Å². The van der Waals surface area contributed by atoms with Gasteiger partial charge in [0.1, 0.15) is 5.15 Å². The average Bonchev–Trinajstić information content (AvgIpc) is 2.34. The van der Waals surface area contributed by atoms with Crippen LogP contribution in [0, 0.1) is 0 Å². The molecule has 2 nitrogen and oxygen atoms in total. The first-order chi connectivity index (χ1) is 8.52. The number of nitrogens with zero attached hydrogens (tertiary/aromatic N) is 1. The van der Waals surface area contributed by atoms with Crippen molar-refractivity contribution in [1.82, 2.24) is 4.98 Å². The standard InChI is InChI=1S/C12H7Cl4NO/c13-9-3-11(15)10(14)2-7(9)8-4-17-12(16)1-6(8)5-18/h1-4,18H,5H2. The molecule has 0 unspecified atom stereocenters. The Kier molecular flexibility index (Phi) is 4.36. The predicted octanol–water partition coefficient (Wildman–Crippen LogP) is 4.85. The summed E-state index contributed by atoms with van der Waals surface area (Å²) in [4.78, 5) is 3.98. The highest BCUT2D eigenvalue weighted by atomic mass is 35.5. The Balaban J connectivity index is 2.65. The zero-order valence-corrected chi connectivity index (χ0v) is 11.9. The number of aliphatic hydroxyl groups excluding tert-OH is 1. The van der Waals surface area contributed by atoms with Crippen molar-refractivity contribution in [3.63, 3.8) is 0 Å². The lowest BCUT2D eigenvalue weighted by atomic mass is 10.0. The van der Waals surface area contributed by atoms with Crippen molar-refractivity contribution in [2.45, 2.75) is 6.61 Å². The number of pyridine rings is 1. The third kappa shape index (κ3) is 2.73. The number of halogens is 4. The van der Waals surface area contributed by atoms with E-state index in [-0.39, 0.29) is 6.61 Å². The van der Waals surface area contributed by atoms with Gasteiger partial charge < -0.3 is 5.11 Å². The second-order valence-electron chi connectivity index (χ2n) is 3.57. The van der Waals surface area contributed by atoms with Gasteiger partial charge in [-0.15, -0.1) is 0 Å². The lowest BCUT2D eigenvalue weighted by Gasteiger charge is -2.10. The molecule has 6 heteroatoms. The van der Waals surface area contributed by atoms with Gasteiger partial charge in [0.15, 0.2) is 0 Å². The molecule has 18 heavy (non-hydrogen) atoms. The van der Waals surface area contributed by atoms with E-state index in [0.29, 0.717) is 36.9 Å². The number of aromatic nitrogens is 1. The van der Waals surface area contributed by atoms with Crippen LogP contribution in [0.3, 0.4) is 0 Å². The average molecular weight is 323 g/mol. The summed E-state index contributed by atoms with van der Waals surface area (Å²) in [5.74, 6) is 0. The molecule has 2 rings (SSSR count). The smallest absolute Gasteiger partial charge is 0.129 e. The molecule has 1 aromatic heterocycles. The second-order valence-corrected chi connectivity index (χ2v) is 5.18. The summed E-state index contributed by atoms with van der Waals surface area (Å²) in [6, 6.07) is 4.77. The van der Waals surface area contributed by atoms with Crippen molar-refractivity contribution < 1.29 is 5.11 Å². The minimum atomic E-state index is -0.172. The molecule has 0 saturated carbocycles. The van der Waals surface area contributed by atoms with Crippen molar-refractivity contribution in [1.29, 1.82) is 0 Å². The van der Waals surface area contributed by atoms with Gasteiger partial charge >= 0.3 is 0 Å². The highest BCUT2D eigenvalue weighted by Crippen LogP contribution is 2.36. The van der Waals surface area contributed by atoms with Gasteiger partial charge in [-0.2, -0.15) is 0 Å². The summed E-state index contributed by atoms with van der Waals surface area (Å²) < 4.78 is 0. The molecule has 1 aromatic carbocycles. The van der Waals surface area contributed by atoms with Crippen molar-refractivity contribution in [3.8, 4) is 11.1 Å². The largest absolute Gasteiger partial charge is 0.392 e. The van der Waals surface area contributed by atoms with Gasteiger partial charge in [0, 0.05) is 17.3 Å². The molecule has 94 valence electrons. The van der Waals surface area contributed by atoms with Crippen LogP contribution in [0.5, 0.6) is 0 Å².